The number of carbonyl (C=O) groups is 4. The molecule has 9 N–H and O–H groups in total. The Hall–Kier alpha value is -4.16. The normalized spacial score (nSPS) is 14.9. The number of aromatic hydroxyl groups is 2. The number of aliphatic carboxylic acids is 1. The van der Waals surface area contributed by atoms with Gasteiger partial charge in [0.2, 0.25) is 17.7 Å². The summed E-state index contributed by atoms with van der Waals surface area (Å²) in [5.41, 5.74) is 7.19. The van der Waals surface area contributed by atoms with Crippen LogP contribution in [0.4, 0.5) is 0 Å². The van der Waals surface area contributed by atoms with E-state index in [4.69, 9.17) is 5.73 Å². The minimum Gasteiger partial charge on any atom is -0.508 e. The van der Waals surface area contributed by atoms with Crippen LogP contribution < -0.4 is 21.7 Å². The lowest BCUT2D eigenvalue weighted by molar-refractivity contribution is -0.145. The molecule has 0 aliphatic rings. The second-order valence-electron chi connectivity index (χ2n) is 8.70. The van der Waals surface area contributed by atoms with Gasteiger partial charge in [0.05, 0.1) is 12.1 Å². The molecular weight excluding hydrogens is 484 g/mol. The number of nitrogens with one attached hydrogen (secondary N) is 3. The number of carboxylic acids is 1. The molecule has 0 aromatic heterocycles. The lowest BCUT2D eigenvalue weighted by Gasteiger charge is -2.24. The molecule has 5 atom stereocenters. The highest BCUT2D eigenvalue weighted by atomic mass is 16.4. The molecule has 0 aliphatic heterocycles. The predicted molar refractivity (Wildman–Crippen MR) is 132 cm³/mol. The predicted octanol–water partition coefficient (Wildman–Crippen LogP) is -0.850. The highest BCUT2D eigenvalue weighted by Gasteiger charge is 2.31. The Morgan fingerprint density at radius 1 is 0.757 bits per heavy atom. The number of hydrogen-bond donors (Lipinski definition) is 8. The number of aliphatic hydroxyl groups is 1. The van der Waals surface area contributed by atoms with Gasteiger partial charge in [0.15, 0.2) is 6.04 Å². The van der Waals surface area contributed by atoms with Crippen molar-refractivity contribution in [1.29, 1.82) is 0 Å². The third-order valence-corrected chi connectivity index (χ3v) is 5.54. The molecule has 2 aromatic carbocycles. The summed E-state index contributed by atoms with van der Waals surface area (Å²) >= 11 is 0. The number of carboxylic acid groups (broad SMARTS) is 1. The number of carbonyl (C=O) groups excluding carboxylic acids is 3. The molecule has 0 saturated heterocycles. The summed E-state index contributed by atoms with van der Waals surface area (Å²) in [6, 6.07) is 7.02. The zero-order chi connectivity index (χ0) is 27.7. The summed E-state index contributed by atoms with van der Waals surface area (Å²) in [5, 5.41) is 45.0. The van der Waals surface area contributed by atoms with Crippen molar-refractivity contribution in [2.45, 2.75) is 57.0 Å². The highest BCUT2D eigenvalue weighted by Crippen LogP contribution is 2.13. The highest BCUT2D eigenvalue weighted by molar-refractivity contribution is 5.94. The molecule has 37 heavy (non-hydrogen) atoms. The fourth-order valence-electron chi connectivity index (χ4n) is 3.38. The molecule has 0 aliphatic carbocycles. The maximum Gasteiger partial charge on any atom is 0.328 e. The van der Waals surface area contributed by atoms with E-state index in [1.54, 1.807) is 12.1 Å². The molecule has 2 aromatic rings. The number of phenolic OH excluding ortho intramolecular Hbond substituents is 2. The van der Waals surface area contributed by atoms with Crippen molar-refractivity contribution in [2.24, 2.45) is 5.73 Å². The summed E-state index contributed by atoms with van der Waals surface area (Å²) in [7, 11) is 0. The van der Waals surface area contributed by atoms with E-state index in [2.05, 4.69) is 16.0 Å². The Bertz CT molecular complexity index is 1090. The number of hydrogen-bond acceptors (Lipinski definition) is 8. The lowest BCUT2D eigenvalue weighted by atomic mass is 10.0. The third-order valence-electron chi connectivity index (χ3n) is 5.54. The molecule has 12 heteroatoms. The van der Waals surface area contributed by atoms with Gasteiger partial charge >= 0.3 is 5.97 Å². The largest absolute Gasteiger partial charge is 0.508 e. The average molecular weight is 517 g/mol. The zero-order valence-electron chi connectivity index (χ0n) is 20.4. The number of phenols is 2. The Morgan fingerprint density at radius 3 is 1.70 bits per heavy atom. The molecule has 3 amide bonds. The summed E-state index contributed by atoms with van der Waals surface area (Å²) in [5.74, 6) is -3.60. The molecule has 0 heterocycles. The summed E-state index contributed by atoms with van der Waals surface area (Å²) in [4.78, 5) is 49.6. The van der Waals surface area contributed by atoms with E-state index in [0.29, 0.717) is 11.1 Å². The number of rotatable bonds is 12. The quantitative estimate of drug-likeness (QED) is 0.176. The van der Waals surface area contributed by atoms with Gasteiger partial charge in [-0.25, -0.2) is 4.79 Å². The van der Waals surface area contributed by atoms with E-state index in [0.717, 1.165) is 0 Å². The first-order valence-corrected chi connectivity index (χ1v) is 11.5. The summed E-state index contributed by atoms with van der Waals surface area (Å²) in [6.45, 7) is 2.59. The molecule has 0 saturated carbocycles. The Labute approximate surface area is 213 Å². The fraction of sp³-hybridized carbons (Fsp3) is 0.360. The third kappa shape index (κ3) is 9.09. The molecule has 12 nitrogen and oxygen atoms in total. The van der Waals surface area contributed by atoms with Crippen LogP contribution in [0.2, 0.25) is 0 Å². The first-order chi connectivity index (χ1) is 17.4. The minimum atomic E-state index is -1.61. The molecule has 0 radical (unpaired) electrons. The van der Waals surface area contributed by atoms with Crippen LogP contribution >= 0.6 is 0 Å². The van der Waals surface area contributed by atoms with Gasteiger partial charge in [-0.1, -0.05) is 24.3 Å². The van der Waals surface area contributed by atoms with Crippen molar-refractivity contribution in [1.82, 2.24) is 16.0 Å². The van der Waals surface area contributed by atoms with Crippen molar-refractivity contribution in [3.05, 3.63) is 59.7 Å². The number of amides is 3. The molecule has 5 unspecified atom stereocenters. The van der Waals surface area contributed by atoms with Crippen LogP contribution in [0.3, 0.4) is 0 Å². The summed E-state index contributed by atoms with van der Waals surface area (Å²) < 4.78 is 0. The topological polar surface area (TPSA) is 211 Å². The molecule has 0 fully saturated rings. The van der Waals surface area contributed by atoms with Crippen LogP contribution in [0.1, 0.15) is 25.0 Å². The van der Waals surface area contributed by atoms with Gasteiger partial charge < -0.3 is 42.1 Å². The van der Waals surface area contributed by atoms with E-state index in [1.807, 2.05) is 0 Å². The standard InChI is InChI=1S/C25H32N4O8/c1-13(27-23(34)19(26)11-15-3-7-17(31)8-4-15)22(33)28-20(12-16-5-9-18(32)10-6-16)24(35)29-21(14(2)30)25(36)37/h3-10,13-14,19-21,30-32H,11-12,26H2,1-2H3,(H,27,34)(H,28,33)(H,29,35)(H,36,37). The van der Waals surface area contributed by atoms with Gasteiger partial charge in [-0.15, -0.1) is 0 Å². The van der Waals surface area contributed by atoms with Crippen molar-refractivity contribution < 1.29 is 39.6 Å². The van der Waals surface area contributed by atoms with Gasteiger partial charge in [0.25, 0.3) is 0 Å². The van der Waals surface area contributed by atoms with Gasteiger partial charge in [-0.3, -0.25) is 14.4 Å². The smallest absolute Gasteiger partial charge is 0.328 e. The van der Waals surface area contributed by atoms with Crippen LogP contribution in [-0.2, 0) is 32.0 Å². The van der Waals surface area contributed by atoms with Gasteiger partial charge in [0.1, 0.15) is 23.6 Å². The van der Waals surface area contributed by atoms with Crippen molar-refractivity contribution in [2.75, 3.05) is 0 Å². The van der Waals surface area contributed by atoms with Crippen LogP contribution in [0.25, 0.3) is 0 Å². The molecule has 0 bridgehead atoms. The van der Waals surface area contributed by atoms with Crippen molar-refractivity contribution >= 4 is 23.7 Å². The Balaban J connectivity index is 2.08. The van der Waals surface area contributed by atoms with E-state index >= 15 is 0 Å². The van der Waals surface area contributed by atoms with Crippen LogP contribution in [0, 0.1) is 0 Å². The Kier molecular flexibility index (Phi) is 10.4. The van der Waals surface area contributed by atoms with Crippen molar-refractivity contribution in [3.63, 3.8) is 0 Å². The van der Waals surface area contributed by atoms with Crippen LogP contribution in [0.15, 0.2) is 48.5 Å². The van der Waals surface area contributed by atoms with Gasteiger partial charge in [-0.2, -0.15) is 0 Å². The first kappa shape index (κ1) is 29.1. The molecule has 2 rings (SSSR count). The molecular formula is C25H32N4O8. The number of nitrogens with two attached hydrogens (primary N) is 1. The van der Waals surface area contributed by atoms with E-state index < -0.39 is 54.0 Å². The van der Waals surface area contributed by atoms with E-state index in [9.17, 15) is 39.6 Å². The van der Waals surface area contributed by atoms with Gasteiger partial charge in [-0.05, 0) is 55.7 Å². The zero-order valence-corrected chi connectivity index (χ0v) is 20.4. The number of aliphatic hydroxyl groups excluding tert-OH is 1. The van der Waals surface area contributed by atoms with Crippen LogP contribution in [0.5, 0.6) is 11.5 Å². The second kappa shape index (κ2) is 13.2. The SMILES string of the molecule is CC(NC(=O)C(N)Cc1ccc(O)cc1)C(=O)NC(Cc1ccc(O)cc1)C(=O)NC(C(=O)O)C(C)O. The Morgan fingerprint density at radius 2 is 1.24 bits per heavy atom. The minimum absolute atomic E-state index is 0.00573. The van der Waals surface area contributed by atoms with Gasteiger partial charge in [0, 0.05) is 6.42 Å². The van der Waals surface area contributed by atoms with Crippen molar-refractivity contribution in [3.8, 4) is 11.5 Å². The molecule has 0 spiro atoms. The molecule has 200 valence electrons. The van der Waals surface area contributed by atoms with E-state index in [1.165, 1.54) is 50.2 Å². The average Bonchev–Trinajstić information content (AvgIpc) is 2.84. The second-order valence-corrected chi connectivity index (χ2v) is 8.70. The number of benzene rings is 2. The first-order valence-electron chi connectivity index (χ1n) is 11.5. The van der Waals surface area contributed by atoms with Crippen LogP contribution in [-0.4, -0.2) is 74.4 Å². The maximum absolute atomic E-state index is 12.9. The van der Waals surface area contributed by atoms with E-state index in [-0.39, 0.29) is 24.3 Å². The monoisotopic (exact) mass is 516 g/mol. The maximum atomic E-state index is 12.9. The fourth-order valence-corrected chi connectivity index (χ4v) is 3.38. The summed E-state index contributed by atoms with van der Waals surface area (Å²) in [6.07, 6.45) is -1.31. The lowest BCUT2D eigenvalue weighted by Crippen LogP contribution is -2.58.